The van der Waals surface area contributed by atoms with Gasteiger partial charge in [0.1, 0.15) is 12.4 Å². The van der Waals surface area contributed by atoms with Gasteiger partial charge in [0, 0.05) is 12.2 Å². The van der Waals surface area contributed by atoms with Gasteiger partial charge in [0.05, 0.1) is 12.9 Å². The van der Waals surface area contributed by atoms with Gasteiger partial charge in [-0.25, -0.2) is 4.39 Å². The first-order valence-corrected chi connectivity index (χ1v) is 10.4. The number of amides is 1. The molecule has 0 unspecified atom stereocenters. The van der Waals surface area contributed by atoms with Crippen molar-refractivity contribution in [3.8, 4) is 11.5 Å². The topological polar surface area (TPSA) is 78.3 Å². The molecule has 3 rings (SSSR count). The zero-order valence-corrected chi connectivity index (χ0v) is 17.8. The molecular weight excluding hydrogens is 407 g/mol. The Balaban J connectivity index is 1.60. The van der Waals surface area contributed by atoms with E-state index in [4.69, 9.17) is 9.47 Å². The number of hydrogen-bond acceptors (Lipinski definition) is 6. The van der Waals surface area contributed by atoms with E-state index in [0.717, 1.165) is 5.56 Å². The van der Waals surface area contributed by atoms with E-state index in [2.05, 4.69) is 15.5 Å². The van der Waals surface area contributed by atoms with Gasteiger partial charge in [-0.2, -0.15) is 0 Å². The normalized spacial score (nSPS) is 10.7. The van der Waals surface area contributed by atoms with E-state index in [0.29, 0.717) is 34.7 Å². The van der Waals surface area contributed by atoms with E-state index in [9.17, 15) is 9.18 Å². The summed E-state index contributed by atoms with van der Waals surface area (Å²) in [7, 11) is 1.60. The van der Waals surface area contributed by atoms with Gasteiger partial charge in [-0.05, 0) is 55.8 Å². The third-order valence-electron chi connectivity index (χ3n) is 4.25. The molecule has 1 N–H and O–H groups in total. The van der Waals surface area contributed by atoms with E-state index in [1.807, 2.05) is 36.6 Å². The quantitative estimate of drug-likeness (QED) is 0.516. The highest BCUT2D eigenvalue weighted by atomic mass is 32.2. The molecule has 7 nitrogen and oxygen atoms in total. The standard InChI is InChI=1S/C21H23FN4O3S/c1-4-26-19(12-29-17-10-5-14(2)11-18(17)28-3)24-25-21(26)30-13-20(27)23-16-8-6-15(22)7-9-16/h5-11H,4,12-13H2,1-3H3,(H,23,27). The summed E-state index contributed by atoms with van der Waals surface area (Å²) in [6, 6.07) is 11.3. The SMILES string of the molecule is CCn1c(COc2ccc(C)cc2OC)nnc1SCC(=O)Nc1ccc(F)cc1. The van der Waals surface area contributed by atoms with Crippen molar-refractivity contribution >= 4 is 23.4 Å². The van der Waals surface area contributed by atoms with Gasteiger partial charge in [0.2, 0.25) is 5.91 Å². The maximum atomic E-state index is 13.0. The average molecular weight is 431 g/mol. The second-order valence-electron chi connectivity index (χ2n) is 6.43. The zero-order valence-electron chi connectivity index (χ0n) is 17.0. The van der Waals surface area contributed by atoms with E-state index in [1.54, 1.807) is 7.11 Å². The van der Waals surface area contributed by atoms with Crippen LogP contribution in [0.3, 0.4) is 0 Å². The van der Waals surface area contributed by atoms with Gasteiger partial charge in [0.25, 0.3) is 0 Å². The molecule has 1 amide bonds. The lowest BCUT2D eigenvalue weighted by atomic mass is 10.2. The fraction of sp³-hybridized carbons (Fsp3) is 0.286. The third-order valence-corrected chi connectivity index (χ3v) is 5.21. The molecule has 0 aliphatic heterocycles. The Hall–Kier alpha value is -3.07. The number of thioether (sulfide) groups is 1. The number of anilines is 1. The Bertz CT molecular complexity index is 1010. The van der Waals surface area contributed by atoms with Crippen LogP contribution in [0.15, 0.2) is 47.6 Å². The number of nitrogens with zero attached hydrogens (tertiary/aromatic N) is 3. The summed E-state index contributed by atoms with van der Waals surface area (Å²) in [4.78, 5) is 12.2. The first-order chi connectivity index (χ1) is 14.5. The maximum Gasteiger partial charge on any atom is 0.234 e. The molecule has 0 saturated carbocycles. The number of aryl methyl sites for hydroxylation is 1. The van der Waals surface area contributed by atoms with E-state index in [-0.39, 0.29) is 24.1 Å². The van der Waals surface area contributed by atoms with Gasteiger partial charge in [0.15, 0.2) is 22.5 Å². The number of benzene rings is 2. The third kappa shape index (κ3) is 5.50. The Kier molecular flexibility index (Phi) is 7.29. The zero-order chi connectivity index (χ0) is 21.5. The fourth-order valence-electron chi connectivity index (χ4n) is 2.75. The summed E-state index contributed by atoms with van der Waals surface area (Å²) in [6.07, 6.45) is 0. The minimum Gasteiger partial charge on any atom is -0.493 e. The Morgan fingerprint density at radius 1 is 1.17 bits per heavy atom. The van der Waals surface area contributed by atoms with Crippen LogP contribution < -0.4 is 14.8 Å². The van der Waals surface area contributed by atoms with Gasteiger partial charge in [-0.1, -0.05) is 17.8 Å². The number of nitrogens with one attached hydrogen (secondary N) is 1. The van der Waals surface area contributed by atoms with E-state index >= 15 is 0 Å². The molecule has 3 aromatic rings. The molecule has 0 atom stereocenters. The van der Waals surface area contributed by atoms with Gasteiger partial charge in [-0.15, -0.1) is 10.2 Å². The number of ether oxygens (including phenoxy) is 2. The Morgan fingerprint density at radius 3 is 2.63 bits per heavy atom. The van der Waals surface area contributed by atoms with Crippen molar-refractivity contribution in [3.63, 3.8) is 0 Å². The van der Waals surface area contributed by atoms with Crippen molar-refractivity contribution in [2.45, 2.75) is 32.2 Å². The summed E-state index contributed by atoms with van der Waals surface area (Å²) in [5.74, 6) is 1.53. The van der Waals surface area contributed by atoms with Crippen molar-refractivity contribution < 1.29 is 18.7 Å². The number of hydrogen-bond donors (Lipinski definition) is 1. The van der Waals surface area contributed by atoms with Crippen LogP contribution in [0.5, 0.6) is 11.5 Å². The second-order valence-corrected chi connectivity index (χ2v) is 7.37. The molecule has 0 aliphatic carbocycles. The van der Waals surface area contributed by atoms with Crippen molar-refractivity contribution in [1.29, 1.82) is 0 Å². The van der Waals surface area contributed by atoms with Crippen LogP contribution in [0.25, 0.3) is 0 Å². The number of aromatic nitrogens is 3. The predicted octanol–water partition coefficient (Wildman–Crippen LogP) is 4.06. The monoisotopic (exact) mass is 430 g/mol. The lowest BCUT2D eigenvalue weighted by Crippen LogP contribution is -2.15. The largest absolute Gasteiger partial charge is 0.493 e. The average Bonchev–Trinajstić information content (AvgIpc) is 3.14. The first kappa shape index (κ1) is 21.6. The van der Waals surface area contributed by atoms with Crippen LogP contribution >= 0.6 is 11.8 Å². The number of halogens is 1. The summed E-state index contributed by atoms with van der Waals surface area (Å²) in [6.45, 7) is 4.82. The molecule has 1 aromatic heterocycles. The molecule has 1 heterocycles. The molecule has 0 bridgehead atoms. The lowest BCUT2D eigenvalue weighted by molar-refractivity contribution is -0.113. The summed E-state index contributed by atoms with van der Waals surface area (Å²) in [5, 5.41) is 11.7. The molecule has 0 fully saturated rings. The first-order valence-electron chi connectivity index (χ1n) is 9.38. The van der Waals surface area contributed by atoms with Crippen LogP contribution in [0, 0.1) is 12.7 Å². The van der Waals surface area contributed by atoms with Crippen molar-refractivity contribution in [2.24, 2.45) is 0 Å². The van der Waals surface area contributed by atoms with Crippen LogP contribution in [-0.4, -0.2) is 33.5 Å². The number of carbonyl (C=O) groups excluding carboxylic acids is 1. The molecule has 9 heteroatoms. The van der Waals surface area contributed by atoms with Crippen molar-refractivity contribution in [2.75, 3.05) is 18.2 Å². The molecule has 158 valence electrons. The summed E-state index contributed by atoms with van der Waals surface area (Å²) >= 11 is 1.28. The highest BCUT2D eigenvalue weighted by Gasteiger charge is 2.15. The van der Waals surface area contributed by atoms with Crippen molar-refractivity contribution in [1.82, 2.24) is 14.8 Å². The highest BCUT2D eigenvalue weighted by Crippen LogP contribution is 2.28. The minimum absolute atomic E-state index is 0.155. The molecular formula is C21H23FN4O3S. The van der Waals surface area contributed by atoms with Crippen LogP contribution in [0.1, 0.15) is 18.3 Å². The van der Waals surface area contributed by atoms with Crippen LogP contribution in [-0.2, 0) is 17.9 Å². The second kappa shape index (κ2) is 10.1. The number of rotatable bonds is 9. The molecule has 0 aliphatic rings. The maximum absolute atomic E-state index is 13.0. The van der Waals surface area contributed by atoms with Crippen LogP contribution in [0.2, 0.25) is 0 Å². The lowest BCUT2D eigenvalue weighted by Gasteiger charge is -2.12. The summed E-state index contributed by atoms with van der Waals surface area (Å²) in [5.41, 5.74) is 1.62. The van der Waals surface area contributed by atoms with Crippen molar-refractivity contribution in [3.05, 3.63) is 59.7 Å². The van der Waals surface area contributed by atoms with E-state index < -0.39 is 0 Å². The summed E-state index contributed by atoms with van der Waals surface area (Å²) < 4.78 is 26.1. The molecule has 30 heavy (non-hydrogen) atoms. The highest BCUT2D eigenvalue weighted by molar-refractivity contribution is 7.99. The number of carbonyl (C=O) groups is 1. The van der Waals surface area contributed by atoms with E-state index in [1.165, 1.54) is 36.0 Å². The fourth-order valence-corrected chi connectivity index (χ4v) is 3.57. The van der Waals surface area contributed by atoms with Gasteiger partial charge in [-0.3, -0.25) is 4.79 Å². The molecule has 0 saturated heterocycles. The molecule has 0 spiro atoms. The van der Waals surface area contributed by atoms with Crippen LogP contribution in [0.4, 0.5) is 10.1 Å². The molecule has 2 aromatic carbocycles. The Morgan fingerprint density at radius 2 is 1.93 bits per heavy atom. The smallest absolute Gasteiger partial charge is 0.234 e. The molecule has 0 radical (unpaired) electrons. The number of methoxy groups -OCH3 is 1. The minimum atomic E-state index is -0.351. The van der Waals surface area contributed by atoms with Gasteiger partial charge >= 0.3 is 0 Å². The predicted molar refractivity (Wildman–Crippen MR) is 114 cm³/mol. The van der Waals surface area contributed by atoms with Gasteiger partial charge < -0.3 is 19.4 Å². The Labute approximate surface area is 178 Å².